The molecule has 4 amide bonds. The minimum absolute atomic E-state index is 0.0106. The van der Waals surface area contributed by atoms with E-state index in [2.05, 4.69) is 24.5 Å². The number of urea groups is 2. The molecule has 37 heavy (non-hydrogen) atoms. The molecule has 1 aliphatic carbocycles. The molecule has 8 nitrogen and oxygen atoms in total. The summed E-state index contributed by atoms with van der Waals surface area (Å²) in [6, 6.07) is 12.5. The van der Waals surface area contributed by atoms with Gasteiger partial charge in [-0.25, -0.2) is 14.5 Å². The maximum atomic E-state index is 13.7. The van der Waals surface area contributed by atoms with E-state index in [-0.39, 0.29) is 25.7 Å². The van der Waals surface area contributed by atoms with E-state index < -0.39 is 23.8 Å². The highest BCUT2D eigenvalue weighted by atomic mass is 35.5. The van der Waals surface area contributed by atoms with Crippen molar-refractivity contribution in [3.05, 3.63) is 64.2 Å². The van der Waals surface area contributed by atoms with Crippen LogP contribution in [0.25, 0.3) is 0 Å². The fourth-order valence-corrected chi connectivity index (χ4v) is 4.75. The number of amides is 4. The monoisotopic (exact) mass is 526 g/mol. The maximum Gasteiger partial charge on any atom is 0.331 e. The quantitative estimate of drug-likeness (QED) is 0.397. The smallest absolute Gasteiger partial charge is 0.331 e. The highest BCUT2D eigenvalue weighted by molar-refractivity contribution is 6.31. The number of halogens is 1. The predicted octanol–water partition coefficient (Wildman–Crippen LogP) is 5.53. The highest BCUT2D eigenvalue weighted by Crippen LogP contribution is 2.47. The topological polar surface area (TPSA) is 91.0 Å². The fourth-order valence-electron chi connectivity index (χ4n) is 4.49. The average Bonchev–Trinajstić information content (AvgIpc) is 3.63. The first-order valence-electron chi connectivity index (χ1n) is 12.8. The summed E-state index contributed by atoms with van der Waals surface area (Å²) >= 11 is 6.53. The summed E-state index contributed by atoms with van der Waals surface area (Å²) in [6.07, 6.45) is 1.23. The van der Waals surface area contributed by atoms with Crippen LogP contribution in [0.15, 0.2) is 42.5 Å². The Morgan fingerprint density at radius 2 is 1.89 bits per heavy atom. The second-order valence-corrected chi connectivity index (χ2v) is 10.8. The Morgan fingerprint density at radius 1 is 1.19 bits per heavy atom. The lowest BCUT2D eigenvalue weighted by molar-refractivity contribution is -0.150. The van der Waals surface area contributed by atoms with Crippen molar-refractivity contribution in [1.29, 1.82) is 0 Å². The summed E-state index contributed by atoms with van der Waals surface area (Å²) in [5.74, 6) is 0.101. The van der Waals surface area contributed by atoms with Crippen LogP contribution >= 0.6 is 11.6 Å². The number of ether oxygens (including phenoxy) is 1. The number of carbonyl (C=O) groups excluding carboxylic acids is 3. The van der Waals surface area contributed by atoms with Gasteiger partial charge < -0.3 is 10.1 Å². The lowest BCUT2D eigenvalue weighted by Crippen LogP contribution is -2.67. The molecule has 2 aliphatic rings. The number of nitrogens with one attached hydrogen (secondary N) is 2. The molecule has 1 saturated heterocycles. The van der Waals surface area contributed by atoms with Crippen LogP contribution in [-0.4, -0.2) is 47.3 Å². The molecule has 9 heteroatoms. The van der Waals surface area contributed by atoms with Crippen molar-refractivity contribution in [2.45, 2.75) is 59.8 Å². The number of hydrogen-bond donors (Lipinski definition) is 2. The van der Waals surface area contributed by atoms with Gasteiger partial charge in [0, 0.05) is 17.3 Å². The first-order valence-corrected chi connectivity index (χ1v) is 13.2. The number of nitrogens with zero attached hydrogens (tertiary/aromatic N) is 2. The van der Waals surface area contributed by atoms with Gasteiger partial charge >= 0.3 is 18.0 Å². The Hall–Kier alpha value is -3.26. The van der Waals surface area contributed by atoms with Gasteiger partial charge in [-0.05, 0) is 62.3 Å². The van der Waals surface area contributed by atoms with Crippen LogP contribution in [0.1, 0.15) is 50.3 Å². The summed E-state index contributed by atoms with van der Waals surface area (Å²) in [6.45, 7) is 8.52. The van der Waals surface area contributed by atoms with Crippen molar-refractivity contribution in [1.82, 2.24) is 15.1 Å². The van der Waals surface area contributed by atoms with E-state index in [0.717, 1.165) is 28.0 Å². The third-order valence-corrected chi connectivity index (χ3v) is 7.13. The second kappa shape index (κ2) is 11.0. The molecular weight excluding hydrogens is 492 g/mol. The van der Waals surface area contributed by atoms with E-state index in [0.29, 0.717) is 29.5 Å². The molecule has 1 saturated carbocycles. The third-order valence-electron chi connectivity index (χ3n) is 6.77. The molecule has 0 spiro atoms. The Labute approximate surface area is 223 Å². The van der Waals surface area contributed by atoms with Gasteiger partial charge in [0.15, 0.2) is 6.29 Å². The molecule has 198 valence electrons. The van der Waals surface area contributed by atoms with Crippen LogP contribution < -0.4 is 10.6 Å². The number of esters is 1. The highest BCUT2D eigenvalue weighted by Gasteiger charge is 2.55. The van der Waals surface area contributed by atoms with Crippen LogP contribution in [0.2, 0.25) is 5.02 Å². The SMILES string of the molecule is CCOC(=O)C1(CN2C(=O)NC(Nc3ccc(CC(C)C)c(Cl)c3)N(Cc3ccc(C)cc3)C2=O)CC1. The summed E-state index contributed by atoms with van der Waals surface area (Å²) in [5, 5.41) is 6.79. The minimum atomic E-state index is -0.821. The molecule has 0 bridgehead atoms. The van der Waals surface area contributed by atoms with Gasteiger partial charge in [-0.1, -0.05) is 61.3 Å². The number of hydrogen-bond acceptors (Lipinski definition) is 5. The van der Waals surface area contributed by atoms with Crippen LogP contribution in [-0.2, 0) is 22.5 Å². The molecule has 2 aromatic rings. The van der Waals surface area contributed by atoms with Gasteiger partial charge in [-0.3, -0.25) is 15.0 Å². The Balaban J connectivity index is 1.58. The lowest BCUT2D eigenvalue weighted by atomic mass is 10.0. The Kier molecular flexibility index (Phi) is 7.97. The molecule has 2 aromatic carbocycles. The number of benzene rings is 2. The molecule has 0 radical (unpaired) electrons. The van der Waals surface area contributed by atoms with Gasteiger partial charge in [0.1, 0.15) is 0 Å². The van der Waals surface area contributed by atoms with Gasteiger partial charge in [0.25, 0.3) is 0 Å². The van der Waals surface area contributed by atoms with Crippen molar-refractivity contribution in [2.24, 2.45) is 11.3 Å². The van der Waals surface area contributed by atoms with Crippen molar-refractivity contribution in [3.63, 3.8) is 0 Å². The molecule has 1 atom stereocenters. The first kappa shape index (κ1) is 26.8. The van der Waals surface area contributed by atoms with Crippen LogP contribution in [0.5, 0.6) is 0 Å². The number of carbonyl (C=O) groups is 3. The normalized spacial score (nSPS) is 18.6. The van der Waals surface area contributed by atoms with E-state index in [1.165, 1.54) is 0 Å². The number of anilines is 1. The van der Waals surface area contributed by atoms with Crippen molar-refractivity contribution < 1.29 is 19.1 Å². The van der Waals surface area contributed by atoms with Crippen molar-refractivity contribution in [3.8, 4) is 0 Å². The molecule has 2 N–H and O–H groups in total. The van der Waals surface area contributed by atoms with Crippen LogP contribution in [0.3, 0.4) is 0 Å². The predicted molar refractivity (Wildman–Crippen MR) is 143 cm³/mol. The molecule has 1 aliphatic heterocycles. The summed E-state index contributed by atoms with van der Waals surface area (Å²) in [5.41, 5.74) is 2.93. The molecule has 1 heterocycles. The number of aryl methyl sites for hydroxylation is 1. The standard InChI is InChI=1S/C28H35ClN4O4/c1-5-37-24(34)28(12-13-28)17-33-26(35)31-25(30-22-11-10-21(14-18(2)3)23(29)15-22)32(27(33)36)16-20-8-6-19(4)7-9-20/h6-11,15,18,25,30H,5,12-14,16-17H2,1-4H3,(H,31,35). The fraction of sp³-hybridized carbons (Fsp3) is 0.464. The van der Waals surface area contributed by atoms with E-state index in [4.69, 9.17) is 16.3 Å². The largest absolute Gasteiger partial charge is 0.466 e. The zero-order valence-corrected chi connectivity index (χ0v) is 22.6. The lowest BCUT2D eigenvalue weighted by Gasteiger charge is -2.42. The minimum Gasteiger partial charge on any atom is -0.466 e. The molecular formula is C28H35ClN4O4. The Morgan fingerprint density at radius 3 is 2.49 bits per heavy atom. The van der Waals surface area contributed by atoms with Crippen molar-refractivity contribution in [2.75, 3.05) is 18.5 Å². The molecule has 1 unspecified atom stereocenters. The van der Waals surface area contributed by atoms with Crippen LogP contribution in [0.4, 0.5) is 15.3 Å². The van der Waals surface area contributed by atoms with Gasteiger partial charge in [0.05, 0.1) is 18.6 Å². The van der Waals surface area contributed by atoms with Gasteiger partial charge in [0.2, 0.25) is 0 Å². The zero-order chi connectivity index (χ0) is 26.7. The third kappa shape index (κ3) is 6.18. The Bertz CT molecular complexity index is 1160. The average molecular weight is 527 g/mol. The number of rotatable bonds is 10. The van der Waals surface area contributed by atoms with Gasteiger partial charge in [-0.2, -0.15) is 0 Å². The summed E-state index contributed by atoms with van der Waals surface area (Å²) in [7, 11) is 0. The second-order valence-electron chi connectivity index (χ2n) is 10.4. The summed E-state index contributed by atoms with van der Waals surface area (Å²) < 4.78 is 5.21. The van der Waals surface area contributed by atoms with Gasteiger partial charge in [-0.15, -0.1) is 0 Å². The molecule has 0 aromatic heterocycles. The maximum absolute atomic E-state index is 13.7. The van der Waals surface area contributed by atoms with Crippen molar-refractivity contribution >= 4 is 35.3 Å². The van der Waals surface area contributed by atoms with Crippen LogP contribution in [0, 0.1) is 18.3 Å². The zero-order valence-electron chi connectivity index (χ0n) is 21.8. The summed E-state index contributed by atoms with van der Waals surface area (Å²) in [4.78, 5) is 42.0. The molecule has 2 fully saturated rings. The number of imide groups is 1. The van der Waals surface area contributed by atoms with E-state index in [1.54, 1.807) is 11.8 Å². The van der Waals surface area contributed by atoms with E-state index >= 15 is 0 Å². The molecule has 4 rings (SSSR count). The van der Waals surface area contributed by atoms with E-state index in [1.807, 2.05) is 49.4 Å². The van der Waals surface area contributed by atoms with E-state index in [9.17, 15) is 14.4 Å². The first-order chi connectivity index (χ1) is 17.6.